The van der Waals surface area contributed by atoms with Crippen molar-refractivity contribution in [2.45, 2.75) is 19.4 Å². The molecule has 2 aromatic rings. The van der Waals surface area contributed by atoms with Crippen LogP contribution >= 0.6 is 23.2 Å². The van der Waals surface area contributed by atoms with Gasteiger partial charge in [-0.3, -0.25) is 4.98 Å². The second-order valence-corrected chi connectivity index (χ2v) is 5.01. The van der Waals surface area contributed by atoms with Gasteiger partial charge >= 0.3 is 0 Å². The third-order valence-corrected chi connectivity index (χ3v) is 3.73. The van der Waals surface area contributed by atoms with Crippen molar-refractivity contribution in [2.75, 3.05) is 0 Å². The number of hydrogen-bond acceptors (Lipinski definition) is 2. The molecule has 0 saturated heterocycles. The first-order valence-corrected chi connectivity index (χ1v) is 6.45. The van der Waals surface area contributed by atoms with E-state index < -0.39 is 0 Å². The van der Waals surface area contributed by atoms with Gasteiger partial charge in [-0.25, -0.2) is 0 Å². The van der Waals surface area contributed by atoms with Gasteiger partial charge in [-0.05, 0) is 36.6 Å². The molecule has 0 saturated carbocycles. The summed E-state index contributed by atoms with van der Waals surface area (Å²) in [6.45, 7) is 2.00. The lowest BCUT2D eigenvalue weighted by Gasteiger charge is -2.14. The van der Waals surface area contributed by atoms with Crippen LogP contribution in [0.25, 0.3) is 0 Å². The SMILES string of the molecule is Cc1cccnc1C(N)Cc1cccc(Cl)c1Cl. The molecule has 0 aliphatic heterocycles. The van der Waals surface area contributed by atoms with E-state index in [4.69, 9.17) is 28.9 Å². The van der Waals surface area contributed by atoms with Crippen molar-refractivity contribution in [3.8, 4) is 0 Å². The van der Waals surface area contributed by atoms with Crippen molar-refractivity contribution in [2.24, 2.45) is 5.73 Å². The summed E-state index contributed by atoms with van der Waals surface area (Å²) in [5.41, 5.74) is 9.11. The molecule has 0 spiro atoms. The highest BCUT2D eigenvalue weighted by Crippen LogP contribution is 2.28. The highest BCUT2D eigenvalue weighted by Gasteiger charge is 2.13. The van der Waals surface area contributed by atoms with Gasteiger partial charge in [-0.2, -0.15) is 0 Å². The number of benzene rings is 1. The minimum Gasteiger partial charge on any atom is -0.322 e. The fourth-order valence-corrected chi connectivity index (χ4v) is 2.32. The van der Waals surface area contributed by atoms with Gasteiger partial charge in [0.2, 0.25) is 0 Å². The molecule has 4 heteroatoms. The second kappa shape index (κ2) is 5.70. The van der Waals surface area contributed by atoms with Crippen LogP contribution in [0.5, 0.6) is 0 Å². The van der Waals surface area contributed by atoms with Gasteiger partial charge in [0.1, 0.15) is 0 Å². The van der Waals surface area contributed by atoms with Gasteiger partial charge in [0.05, 0.1) is 21.8 Å². The molecule has 0 radical (unpaired) electrons. The van der Waals surface area contributed by atoms with Crippen LogP contribution in [0.3, 0.4) is 0 Å². The van der Waals surface area contributed by atoms with Crippen LogP contribution in [0.15, 0.2) is 36.5 Å². The standard InChI is InChI=1S/C14H14Cl2N2/c1-9-4-3-7-18-14(9)12(17)8-10-5-2-6-11(15)13(10)16/h2-7,12H,8,17H2,1H3. The van der Waals surface area contributed by atoms with Crippen LogP contribution in [0.4, 0.5) is 0 Å². The lowest BCUT2D eigenvalue weighted by molar-refractivity contribution is 0.690. The molecule has 0 aliphatic rings. The summed E-state index contributed by atoms with van der Waals surface area (Å²) >= 11 is 12.1. The van der Waals surface area contributed by atoms with E-state index in [9.17, 15) is 0 Å². The van der Waals surface area contributed by atoms with E-state index in [1.165, 1.54) is 0 Å². The Morgan fingerprint density at radius 3 is 2.72 bits per heavy atom. The van der Waals surface area contributed by atoms with Crippen molar-refractivity contribution in [1.29, 1.82) is 0 Å². The van der Waals surface area contributed by atoms with Crippen molar-refractivity contribution < 1.29 is 0 Å². The number of aryl methyl sites for hydroxylation is 1. The van der Waals surface area contributed by atoms with E-state index in [-0.39, 0.29) is 6.04 Å². The molecule has 0 fully saturated rings. The zero-order valence-corrected chi connectivity index (χ0v) is 11.5. The highest BCUT2D eigenvalue weighted by molar-refractivity contribution is 6.42. The molecule has 2 nitrogen and oxygen atoms in total. The first-order valence-electron chi connectivity index (χ1n) is 5.69. The summed E-state index contributed by atoms with van der Waals surface area (Å²) in [6.07, 6.45) is 2.37. The molecule has 2 rings (SSSR count). The van der Waals surface area contributed by atoms with E-state index in [0.717, 1.165) is 16.8 Å². The summed E-state index contributed by atoms with van der Waals surface area (Å²) in [6, 6.07) is 9.31. The molecule has 1 unspecified atom stereocenters. The molecule has 0 bridgehead atoms. The van der Waals surface area contributed by atoms with Gasteiger partial charge in [0.15, 0.2) is 0 Å². The Hall–Kier alpha value is -1.09. The van der Waals surface area contributed by atoms with Gasteiger partial charge in [-0.15, -0.1) is 0 Å². The Bertz CT molecular complexity index is 555. The summed E-state index contributed by atoms with van der Waals surface area (Å²) in [7, 11) is 0. The first-order chi connectivity index (χ1) is 8.59. The van der Waals surface area contributed by atoms with E-state index >= 15 is 0 Å². The van der Waals surface area contributed by atoms with Gasteiger partial charge in [0.25, 0.3) is 0 Å². The molecule has 1 aromatic carbocycles. The fourth-order valence-electron chi connectivity index (χ4n) is 1.93. The lowest BCUT2D eigenvalue weighted by Crippen LogP contribution is -2.16. The number of hydrogen-bond donors (Lipinski definition) is 1. The van der Waals surface area contributed by atoms with Gasteiger partial charge in [0, 0.05) is 6.20 Å². The number of halogens is 2. The molecule has 1 aromatic heterocycles. The lowest BCUT2D eigenvalue weighted by atomic mass is 10.0. The van der Waals surface area contributed by atoms with Crippen LogP contribution in [-0.2, 0) is 6.42 Å². The van der Waals surface area contributed by atoms with Crippen molar-refractivity contribution >= 4 is 23.2 Å². The van der Waals surface area contributed by atoms with Gasteiger partial charge < -0.3 is 5.73 Å². The van der Waals surface area contributed by atoms with Crippen LogP contribution in [0, 0.1) is 6.92 Å². The maximum atomic E-state index is 6.18. The zero-order chi connectivity index (χ0) is 13.1. The summed E-state index contributed by atoms with van der Waals surface area (Å²) < 4.78 is 0. The number of nitrogens with zero attached hydrogens (tertiary/aromatic N) is 1. The van der Waals surface area contributed by atoms with Crippen LogP contribution < -0.4 is 5.73 Å². The third kappa shape index (κ3) is 2.83. The largest absolute Gasteiger partial charge is 0.322 e. The number of pyridine rings is 1. The zero-order valence-electron chi connectivity index (χ0n) is 10.0. The van der Waals surface area contributed by atoms with Crippen molar-refractivity contribution in [3.05, 3.63) is 63.4 Å². The van der Waals surface area contributed by atoms with E-state index in [0.29, 0.717) is 16.5 Å². The average molecular weight is 281 g/mol. The normalized spacial score (nSPS) is 12.4. The fraction of sp³-hybridized carbons (Fsp3) is 0.214. The predicted molar refractivity (Wildman–Crippen MR) is 76.1 cm³/mol. The molecule has 1 atom stereocenters. The quantitative estimate of drug-likeness (QED) is 0.925. The molecular weight excluding hydrogens is 267 g/mol. The Morgan fingerprint density at radius 2 is 2.00 bits per heavy atom. The maximum absolute atomic E-state index is 6.18. The predicted octanol–water partition coefficient (Wildman–Crippen LogP) is 3.94. The number of aromatic nitrogens is 1. The molecule has 2 N–H and O–H groups in total. The van der Waals surface area contributed by atoms with Crippen LogP contribution in [0.1, 0.15) is 22.9 Å². The summed E-state index contributed by atoms with van der Waals surface area (Å²) in [5, 5.41) is 1.13. The molecule has 18 heavy (non-hydrogen) atoms. The average Bonchev–Trinajstić information content (AvgIpc) is 2.35. The second-order valence-electron chi connectivity index (χ2n) is 4.23. The summed E-state index contributed by atoms with van der Waals surface area (Å²) in [4.78, 5) is 4.33. The number of rotatable bonds is 3. The third-order valence-electron chi connectivity index (χ3n) is 2.87. The van der Waals surface area contributed by atoms with Crippen molar-refractivity contribution in [3.63, 3.8) is 0 Å². The first kappa shape index (κ1) is 13.3. The molecule has 0 aliphatic carbocycles. The Labute approximate surface area is 117 Å². The van der Waals surface area contributed by atoms with Crippen LogP contribution in [0.2, 0.25) is 10.0 Å². The Balaban J connectivity index is 2.24. The number of nitrogens with two attached hydrogens (primary N) is 1. The minimum atomic E-state index is -0.179. The Morgan fingerprint density at radius 1 is 1.22 bits per heavy atom. The molecular formula is C14H14Cl2N2. The minimum absolute atomic E-state index is 0.179. The highest BCUT2D eigenvalue weighted by atomic mass is 35.5. The maximum Gasteiger partial charge on any atom is 0.0624 e. The van der Waals surface area contributed by atoms with E-state index in [1.54, 1.807) is 12.3 Å². The van der Waals surface area contributed by atoms with Crippen LogP contribution in [-0.4, -0.2) is 4.98 Å². The topological polar surface area (TPSA) is 38.9 Å². The van der Waals surface area contributed by atoms with Gasteiger partial charge in [-0.1, -0.05) is 41.4 Å². The molecule has 94 valence electrons. The Kier molecular flexibility index (Phi) is 4.23. The van der Waals surface area contributed by atoms with E-state index in [1.807, 2.05) is 31.2 Å². The summed E-state index contributed by atoms with van der Waals surface area (Å²) in [5.74, 6) is 0. The van der Waals surface area contributed by atoms with Crippen molar-refractivity contribution in [1.82, 2.24) is 4.98 Å². The smallest absolute Gasteiger partial charge is 0.0624 e. The molecule has 1 heterocycles. The monoisotopic (exact) mass is 280 g/mol. The van der Waals surface area contributed by atoms with E-state index in [2.05, 4.69) is 4.98 Å². The molecule has 0 amide bonds.